The van der Waals surface area contributed by atoms with Gasteiger partial charge in [-0.05, 0) is 37.7 Å². The monoisotopic (exact) mass is 429 g/mol. The zero-order chi connectivity index (χ0) is 21.9. The van der Waals surface area contributed by atoms with Gasteiger partial charge in [-0.25, -0.2) is 0 Å². The second-order valence-corrected chi connectivity index (χ2v) is 9.75. The van der Waals surface area contributed by atoms with Crippen LogP contribution in [0.1, 0.15) is 85.0 Å². The third-order valence-electron chi connectivity index (χ3n) is 7.31. The Hall–Kier alpha value is -1.06. The third kappa shape index (κ3) is 6.96. The molecule has 0 saturated carbocycles. The van der Waals surface area contributed by atoms with Crippen LogP contribution < -0.4 is 0 Å². The minimum Gasteiger partial charge on any atom is -0.377 e. The van der Waals surface area contributed by atoms with Crippen LogP contribution in [0.4, 0.5) is 0 Å². The Morgan fingerprint density at radius 2 is 1.65 bits per heavy atom. The second kappa shape index (κ2) is 13.5. The lowest BCUT2D eigenvalue weighted by Crippen LogP contribution is -2.49. The first kappa shape index (κ1) is 24.6. The number of fused-ring (bicyclic) bond motifs is 3. The van der Waals surface area contributed by atoms with Crippen molar-refractivity contribution in [2.45, 2.75) is 97.2 Å². The van der Waals surface area contributed by atoms with Gasteiger partial charge in [0.05, 0.1) is 18.8 Å². The molecule has 0 radical (unpaired) electrons. The van der Waals surface area contributed by atoms with Crippen LogP contribution in [0.3, 0.4) is 0 Å². The Balaban J connectivity index is 1.72. The maximum atomic E-state index is 6.42. The van der Waals surface area contributed by atoms with Crippen LogP contribution in [-0.4, -0.2) is 43.4 Å². The topological polar surface area (TPSA) is 21.7 Å². The molecule has 3 aliphatic rings. The fourth-order valence-corrected chi connectivity index (χ4v) is 5.44. The summed E-state index contributed by atoms with van der Waals surface area (Å²) in [4.78, 5) is 2.66. The number of rotatable bonds is 14. The molecule has 2 aliphatic carbocycles. The highest BCUT2D eigenvalue weighted by molar-refractivity contribution is 5.28. The molecule has 3 rings (SSSR count). The van der Waals surface area contributed by atoms with Crippen molar-refractivity contribution in [3.63, 3.8) is 0 Å². The van der Waals surface area contributed by atoms with E-state index in [0.717, 1.165) is 26.1 Å². The summed E-state index contributed by atoms with van der Waals surface area (Å²) in [6.07, 6.45) is 25.0. The molecule has 5 unspecified atom stereocenters. The Morgan fingerprint density at radius 1 is 0.935 bits per heavy atom. The quantitative estimate of drug-likeness (QED) is 0.221. The molecule has 1 heterocycles. The normalized spacial score (nSPS) is 29.4. The van der Waals surface area contributed by atoms with Gasteiger partial charge in [0.1, 0.15) is 0 Å². The molecule has 176 valence electrons. The van der Waals surface area contributed by atoms with E-state index >= 15 is 0 Å². The van der Waals surface area contributed by atoms with Gasteiger partial charge >= 0.3 is 0 Å². The zero-order valence-electron chi connectivity index (χ0n) is 20.4. The van der Waals surface area contributed by atoms with Crippen LogP contribution in [-0.2, 0) is 9.47 Å². The first-order valence-corrected chi connectivity index (χ1v) is 13.3. The number of hydrogen-bond acceptors (Lipinski definition) is 3. The van der Waals surface area contributed by atoms with E-state index in [-0.39, 0.29) is 6.10 Å². The fraction of sp³-hybridized carbons (Fsp3) is 0.786. The first-order valence-electron chi connectivity index (χ1n) is 13.3. The van der Waals surface area contributed by atoms with E-state index in [1.807, 2.05) is 0 Å². The molecule has 0 bridgehead atoms. The molecule has 0 aromatic heterocycles. The average molecular weight is 430 g/mol. The lowest BCUT2D eigenvalue weighted by atomic mass is 9.69. The van der Waals surface area contributed by atoms with Crippen molar-refractivity contribution in [1.29, 1.82) is 0 Å². The molecule has 0 spiro atoms. The number of ether oxygens (including phenoxy) is 2. The van der Waals surface area contributed by atoms with Crippen LogP contribution in [0, 0.1) is 17.8 Å². The van der Waals surface area contributed by atoms with Crippen LogP contribution in [0.15, 0.2) is 36.1 Å². The fourth-order valence-electron chi connectivity index (χ4n) is 5.44. The molecule has 1 aliphatic heterocycles. The van der Waals surface area contributed by atoms with Gasteiger partial charge in [0.25, 0.3) is 0 Å². The number of nitrogens with zero attached hydrogens (tertiary/aromatic N) is 1. The van der Waals surface area contributed by atoms with E-state index in [9.17, 15) is 0 Å². The average Bonchev–Trinajstić information content (AvgIpc) is 2.80. The first-order chi connectivity index (χ1) is 15.3. The van der Waals surface area contributed by atoms with Crippen LogP contribution in [0.2, 0.25) is 0 Å². The van der Waals surface area contributed by atoms with Crippen LogP contribution in [0.25, 0.3) is 0 Å². The van der Waals surface area contributed by atoms with Gasteiger partial charge in [-0.2, -0.15) is 0 Å². The summed E-state index contributed by atoms with van der Waals surface area (Å²) >= 11 is 0. The summed E-state index contributed by atoms with van der Waals surface area (Å²) in [7, 11) is 0. The minimum atomic E-state index is 0.195. The van der Waals surface area contributed by atoms with Gasteiger partial charge in [0.15, 0.2) is 0 Å². The minimum absolute atomic E-state index is 0.195. The summed E-state index contributed by atoms with van der Waals surface area (Å²) in [6.45, 7) is 10.9. The number of allylic oxidation sites excluding steroid dienone is 2. The molecule has 0 aromatic carbocycles. The maximum absolute atomic E-state index is 6.42. The lowest BCUT2D eigenvalue weighted by molar-refractivity contribution is -0.117. The summed E-state index contributed by atoms with van der Waals surface area (Å²) in [5.41, 5.74) is 1.45. The van der Waals surface area contributed by atoms with E-state index in [1.54, 1.807) is 0 Å². The van der Waals surface area contributed by atoms with Gasteiger partial charge in [-0.1, -0.05) is 83.6 Å². The second-order valence-electron chi connectivity index (χ2n) is 9.75. The van der Waals surface area contributed by atoms with Crippen molar-refractivity contribution in [2.75, 3.05) is 26.3 Å². The van der Waals surface area contributed by atoms with E-state index in [4.69, 9.17) is 9.47 Å². The van der Waals surface area contributed by atoms with Gasteiger partial charge in [0.2, 0.25) is 0 Å². The molecule has 0 amide bonds. The number of unbranched alkanes of at least 4 members (excludes halogenated alkanes) is 6. The lowest BCUT2D eigenvalue weighted by Gasteiger charge is -2.47. The van der Waals surface area contributed by atoms with Crippen molar-refractivity contribution in [3.8, 4) is 0 Å². The summed E-state index contributed by atoms with van der Waals surface area (Å²) in [6, 6.07) is 0. The molecule has 0 aromatic rings. The molecular formula is C28H47NO2. The van der Waals surface area contributed by atoms with Gasteiger partial charge in [0, 0.05) is 37.2 Å². The van der Waals surface area contributed by atoms with Gasteiger partial charge < -0.3 is 14.4 Å². The smallest absolute Gasteiger partial charge is 0.0814 e. The number of hydrogen-bond donors (Lipinski definition) is 0. The molecule has 1 fully saturated rings. The molecule has 3 heteroatoms. The van der Waals surface area contributed by atoms with Crippen LogP contribution in [0.5, 0.6) is 0 Å². The molecule has 31 heavy (non-hydrogen) atoms. The highest BCUT2D eigenvalue weighted by atomic mass is 16.5. The molecule has 0 N–H and O–H groups in total. The maximum Gasteiger partial charge on any atom is 0.0814 e. The Morgan fingerprint density at radius 3 is 2.35 bits per heavy atom. The van der Waals surface area contributed by atoms with Crippen molar-refractivity contribution in [2.24, 2.45) is 17.8 Å². The molecular weight excluding hydrogens is 382 g/mol. The van der Waals surface area contributed by atoms with E-state index < -0.39 is 0 Å². The van der Waals surface area contributed by atoms with Crippen molar-refractivity contribution >= 4 is 0 Å². The largest absolute Gasteiger partial charge is 0.377 e. The summed E-state index contributed by atoms with van der Waals surface area (Å²) in [5.74, 6) is 1.46. The van der Waals surface area contributed by atoms with E-state index in [0.29, 0.717) is 23.9 Å². The Kier molecular flexibility index (Phi) is 10.7. The van der Waals surface area contributed by atoms with E-state index in [1.165, 1.54) is 70.2 Å². The standard InChI is InChI=1S/C28H47NO2/c1-4-7-10-18-29(19-11-8-5-2)24-17-16-23-22-31-27-15-13-14-26(28(27)25(23)21-24)30-20-12-9-6-3/h13-14,16-17,21,23,25-28H,4-12,15,18-20,22H2,1-3H3. The predicted octanol–water partition coefficient (Wildman–Crippen LogP) is 6.91. The Labute approximate surface area is 191 Å². The molecule has 3 nitrogen and oxygen atoms in total. The van der Waals surface area contributed by atoms with Crippen molar-refractivity contribution < 1.29 is 9.47 Å². The van der Waals surface area contributed by atoms with Gasteiger partial charge in [-0.15, -0.1) is 0 Å². The molecule has 1 saturated heterocycles. The predicted molar refractivity (Wildman–Crippen MR) is 131 cm³/mol. The Bertz CT molecular complexity index is 586. The SMILES string of the molecule is CCCCCOC1C=CCC2OCC3C=CC(N(CCCCC)CCCCC)=CC3C12. The highest BCUT2D eigenvalue weighted by Gasteiger charge is 2.44. The molecule has 5 atom stereocenters. The van der Waals surface area contributed by atoms with Crippen LogP contribution >= 0.6 is 0 Å². The highest BCUT2D eigenvalue weighted by Crippen LogP contribution is 2.43. The summed E-state index contributed by atoms with van der Waals surface area (Å²) < 4.78 is 12.8. The van der Waals surface area contributed by atoms with Gasteiger partial charge in [-0.3, -0.25) is 0 Å². The summed E-state index contributed by atoms with van der Waals surface area (Å²) in [5, 5.41) is 0. The zero-order valence-corrected chi connectivity index (χ0v) is 20.4. The van der Waals surface area contributed by atoms with Crippen molar-refractivity contribution in [3.05, 3.63) is 36.1 Å². The van der Waals surface area contributed by atoms with Crippen molar-refractivity contribution in [1.82, 2.24) is 4.90 Å². The third-order valence-corrected chi connectivity index (χ3v) is 7.31. The van der Waals surface area contributed by atoms with E-state index in [2.05, 4.69) is 56.1 Å².